The molecule has 0 aliphatic carbocycles. The number of nitrogens with two attached hydrogens (primary N) is 1. The summed E-state index contributed by atoms with van der Waals surface area (Å²) in [6, 6.07) is 6.71. The molecule has 0 saturated carbocycles. The third-order valence-corrected chi connectivity index (χ3v) is 3.01. The van der Waals surface area contributed by atoms with Gasteiger partial charge in [0.1, 0.15) is 0 Å². The molecule has 1 rings (SSSR count). The third-order valence-electron chi connectivity index (χ3n) is 3.01. The van der Waals surface area contributed by atoms with E-state index in [1.165, 1.54) is 23.1 Å². The summed E-state index contributed by atoms with van der Waals surface area (Å²) in [7, 11) is 0. The molecule has 0 saturated heterocycles. The molecule has 0 aromatic heterocycles. The Kier molecular flexibility index (Phi) is 4.15. The van der Waals surface area contributed by atoms with Crippen molar-refractivity contribution in [1.82, 2.24) is 0 Å². The minimum Gasteiger partial charge on any atom is -0.330 e. The summed E-state index contributed by atoms with van der Waals surface area (Å²) < 4.78 is 0. The van der Waals surface area contributed by atoms with Crippen molar-refractivity contribution in [2.45, 2.75) is 33.6 Å². The van der Waals surface area contributed by atoms with E-state index in [4.69, 9.17) is 5.73 Å². The topological polar surface area (TPSA) is 26.0 Å². The van der Waals surface area contributed by atoms with Gasteiger partial charge in [-0.25, -0.2) is 0 Å². The molecule has 0 fully saturated rings. The van der Waals surface area contributed by atoms with Crippen LogP contribution in [0.25, 0.3) is 0 Å². The van der Waals surface area contributed by atoms with Gasteiger partial charge < -0.3 is 5.73 Å². The molecular formula is C13H21N. The highest BCUT2D eigenvalue weighted by Crippen LogP contribution is 2.15. The molecule has 1 atom stereocenters. The number of hydrogen-bond acceptors (Lipinski definition) is 1. The lowest BCUT2D eigenvalue weighted by molar-refractivity contribution is 0.518. The molecule has 0 aliphatic rings. The van der Waals surface area contributed by atoms with Crippen LogP contribution in [0.5, 0.6) is 0 Å². The molecule has 0 bridgehead atoms. The lowest BCUT2D eigenvalue weighted by Gasteiger charge is -2.12. The van der Waals surface area contributed by atoms with E-state index >= 15 is 0 Å². The first-order valence-electron chi connectivity index (χ1n) is 5.43. The van der Waals surface area contributed by atoms with Crippen molar-refractivity contribution < 1.29 is 0 Å². The summed E-state index contributed by atoms with van der Waals surface area (Å²) in [6.45, 7) is 7.32. The van der Waals surface area contributed by atoms with Gasteiger partial charge in [-0.1, -0.05) is 31.5 Å². The molecular weight excluding hydrogens is 170 g/mol. The van der Waals surface area contributed by atoms with Crippen LogP contribution in [0.3, 0.4) is 0 Å². The van der Waals surface area contributed by atoms with Crippen LogP contribution in [-0.2, 0) is 6.42 Å². The molecule has 14 heavy (non-hydrogen) atoms. The number of rotatable bonds is 4. The number of aryl methyl sites for hydroxylation is 2. The number of benzene rings is 1. The molecule has 0 radical (unpaired) electrons. The standard InChI is InChI=1S/C13H21N/c1-4-12(9-14)8-13-6-5-10(2)11(3)7-13/h5-7,12H,4,8-9,14H2,1-3H3. The molecule has 1 nitrogen and oxygen atoms in total. The van der Waals surface area contributed by atoms with Crippen molar-refractivity contribution in [1.29, 1.82) is 0 Å². The fourth-order valence-electron chi connectivity index (χ4n) is 1.66. The predicted octanol–water partition coefficient (Wildman–Crippen LogP) is 2.83. The van der Waals surface area contributed by atoms with Gasteiger partial charge in [0, 0.05) is 0 Å². The summed E-state index contributed by atoms with van der Waals surface area (Å²) in [6.07, 6.45) is 2.29. The van der Waals surface area contributed by atoms with Gasteiger partial charge in [-0.05, 0) is 49.4 Å². The first kappa shape index (κ1) is 11.3. The van der Waals surface area contributed by atoms with Crippen molar-refractivity contribution in [3.63, 3.8) is 0 Å². The van der Waals surface area contributed by atoms with E-state index in [2.05, 4.69) is 39.0 Å². The summed E-state index contributed by atoms with van der Waals surface area (Å²) in [5.74, 6) is 0.636. The molecule has 1 aromatic carbocycles. The van der Waals surface area contributed by atoms with E-state index in [0.29, 0.717) is 5.92 Å². The van der Waals surface area contributed by atoms with Gasteiger partial charge in [0.05, 0.1) is 0 Å². The monoisotopic (exact) mass is 191 g/mol. The molecule has 0 spiro atoms. The average molecular weight is 191 g/mol. The molecule has 1 aromatic rings. The zero-order valence-electron chi connectivity index (χ0n) is 9.51. The van der Waals surface area contributed by atoms with Gasteiger partial charge in [-0.2, -0.15) is 0 Å². The van der Waals surface area contributed by atoms with E-state index in [-0.39, 0.29) is 0 Å². The predicted molar refractivity (Wildman–Crippen MR) is 62.5 cm³/mol. The summed E-state index contributed by atoms with van der Waals surface area (Å²) in [4.78, 5) is 0. The van der Waals surface area contributed by atoms with Crippen LogP contribution in [0.15, 0.2) is 18.2 Å². The van der Waals surface area contributed by atoms with Crippen LogP contribution in [0.2, 0.25) is 0 Å². The van der Waals surface area contributed by atoms with Crippen molar-refractivity contribution in [3.8, 4) is 0 Å². The van der Waals surface area contributed by atoms with Crippen LogP contribution in [0.1, 0.15) is 30.0 Å². The normalized spacial score (nSPS) is 12.9. The van der Waals surface area contributed by atoms with Gasteiger partial charge in [0.15, 0.2) is 0 Å². The van der Waals surface area contributed by atoms with Gasteiger partial charge in [0.25, 0.3) is 0 Å². The van der Waals surface area contributed by atoms with Crippen LogP contribution in [-0.4, -0.2) is 6.54 Å². The highest BCUT2D eigenvalue weighted by molar-refractivity contribution is 5.30. The first-order valence-corrected chi connectivity index (χ1v) is 5.43. The smallest absolute Gasteiger partial charge is 0.00458 e. The van der Waals surface area contributed by atoms with Crippen molar-refractivity contribution in [2.75, 3.05) is 6.54 Å². The first-order chi connectivity index (χ1) is 6.67. The number of hydrogen-bond donors (Lipinski definition) is 1. The molecule has 1 unspecified atom stereocenters. The van der Waals surface area contributed by atoms with Crippen LogP contribution in [0, 0.1) is 19.8 Å². The van der Waals surface area contributed by atoms with E-state index in [0.717, 1.165) is 13.0 Å². The molecule has 78 valence electrons. The SMILES string of the molecule is CCC(CN)Cc1ccc(C)c(C)c1. The molecule has 2 N–H and O–H groups in total. The maximum absolute atomic E-state index is 5.70. The Morgan fingerprint density at radius 1 is 1.21 bits per heavy atom. The van der Waals surface area contributed by atoms with Gasteiger partial charge in [-0.15, -0.1) is 0 Å². The second kappa shape index (κ2) is 5.16. The Labute approximate surface area is 87.3 Å². The van der Waals surface area contributed by atoms with E-state index in [1.807, 2.05) is 0 Å². The van der Waals surface area contributed by atoms with Crippen molar-refractivity contribution >= 4 is 0 Å². The third kappa shape index (κ3) is 2.85. The lowest BCUT2D eigenvalue weighted by atomic mass is 9.95. The van der Waals surface area contributed by atoms with Gasteiger partial charge in [0.2, 0.25) is 0 Å². The molecule has 0 heterocycles. The van der Waals surface area contributed by atoms with E-state index in [1.54, 1.807) is 0 Å². The fourth-order valence-corrected chi connectivity index (χ4v) is 1.66. The summed E-state index contributed by atoms with van der Waals surface area (Å²) in [5.41, 5.74) is 9.87. The van der Waals surface area contributed by atoms with Crippen molar-refractivity contribution in [3.05, 3.63) is 34.9 Å². The van der Waals surface area contributed by atoms with Gasteiger partial charge >= 0.3 is 0 Å². The van der Waals surface area contributed by atoms with E-state index in [9.17, 15) is 0 Å². The second-order valence-corrected chi connectivity index (χ2v) is 4.13. The lowest BCUT2D eigenvalue weighted by Crippen LogP contribution is -2.15. The zero-order valence-corrected chi connectivity index (χ0v) is 9.51. The Bertz CT molecular complexity index is 287. The second-order valence-electron chi connectivity index (χ2n) is 4.13. The maximum Gasteiger partial charge on any atom is -0.00458 e. The Morgan fingerprint density at radius 2 is 1.93 bits per heavy atom. The minimum atomic E-state index is 0.636. The highest BCUT2D eigenvalue weighted by atomic mass is 14.5. The van der Waals surface area contributed by atoms with E-state index < -0.39 is 0 Å². The Morgan fingerprint density at radius 3 is 2.43 bits per heavy atom. The van der Waals surface area contributed by atoms with Crippen LogP contribution in [0.4, 0.5) is 0 Å². The molecule has 1 heteroatoms. The molecule has 0 amide bonds. The van der Waals surface area contributed by atoms with Crippen molar-refractivity contribution in [2.24, 2.45) is 11.7 Å². The van der Waals surface area contributed by atoms with Gasteiger partial charge in [-0.3, -0.25) is 0 Å². The van der Waals surface area contributed by atoms with Crippen LogP contribution < -0.4 is 5.73 Å². The summed E-state index contributed by atoms with van der Waals surface area (Å²) in [5, 5.41) is 0. The van der Waals surface area contributed by atoms with Crippen LogP contribution >= 0.6 is 0 Å². The quantitative estimate of drug-likeness (QED) is 0.778. The molecule has 0 aliphatic heterocycles. The summed E-state index contributed by atoms with van der Waals surface area (Å²) >= 11 is 0. The average Bonchev–Trinajstić information content (AvgIpc) is 2.19. The Hall–Kier alpha value is -0.820. The maximum atomic E-state index is 5.70. The Balaban J connectivity index is 2.72. The minimum absolute atomic E-state index is 0.636. The highest BCUT2D eigenvalue weighted by Gasteiger charge is 2.05. The fraction of sp³-hybridized carbons (Fsp3) is 0.538. The largest absolute Gasteiger partial charge is 0.330 e. The zero-order chi connectivity index (χ0) is 10.6.